The molecule has 0 aliphatic heterocycles. The zero-order chi connectivity index (χ0) is 17.5. The molecular formula is C22H27NO2. The third-order valence-electron chi connectivity index (χ3n) is 4.95. The Labute approximate surface area is 150 Å². The molecule has 0 radical (unpaired) electrons. The summed E-state index contributed by atoms with van der Waals surface area (Å²) in [6.45, 7) is 2.79. The molecule has 0 heterocycles. The van der Waals surface area contributed by atoms with E-state index in [1.54, 1.807) is 0 Å². The number of amides is 1. The molecule has 2 aromatic rings. The number of ether oxygens (including phenoxy) is 1. The van der Waals surface area contributed by atoms with E-state index in [-0.39, 0.29) is 5.91 Å². The quantitative estimate of drug-likeness (QED) is 0.745. The zero-order valence-electron chi connectivity index (χ0n) is 15.0. The molecule has 0 bridgehead atoms. The summed E-state index contributed by atoms with van der Waals surface area (Å²) in [5.74, 6) is 1.61. The Morgan fingerprint density at radius 2 is 1.68 bits per heavy atom. The number of carbonyl (C=O) groups is 1. The van der Waals surface area contributed by atoms with E-state index in [4.69, 9.17) is 4.74 Å². The van der Waals surface area contributed by atoms with Crippen LogP contribution in [0, 0.1) is 12.8 Å². The average molecular weight is 337 g/mol. The lowest BCUT2D eigenvalue weighted by molar-refractivity contribution is 0.102. The first kappa shape index (κ1) is 17.5. The van der Waals surface area contributed by atoms with Crippen LogP contribution in [-0.4, -0.2) is 12.5 Å². The minimum atomic E-state index is -0.0917. The third kappa shape index (κ3) is 5.35. The van der Waals surface area contributed by atoms with Crippen LogP contribution in [0.4, 0.5) is 5.69 Å². The molecule has 1 aliphatic carbocycles. The van der Waals surface area contributed by atoms with Crippen LogP contribution in [0.3, 0.4) is 0 Å². The van der Waals surface area contributed by atoms with Gasteiger partial charge in [0.1, 0.15) is 5.75 Å². The van der Waals surface area contributed by atoms with Gasteiger partial charge in [-0.15, -0.1) is 0 Å². The Balaban J connectivity index is 1.46. The van der Waals surface area contributed by atoms with Gasteiger partial charge < -0.3 is 10.1 Å². The van der Waals surface area contributed by atoms with Gasteiger partial charge in [0.25, 0.3) is 5.91 Å². The highest BCUT2D eigenvalue weighted by molar-refractivity contribution is 6.04. The molecule has 0 aromatic heterocycles. The Hall–Kier alpha value is -2.29. The molecule has 3 rings (SSSR count). The molecule has 0 atom stereocenters. The van der Waals surface area contributed by atoms with Gasteiger partial charge in [0.2, 0.25) is 0 Å². The van der Waals surface area contributed by atoms with Crippen LogP contribution in [0.5, 0.6) is 5.75 Å². The summed E-state index contributed by atoms with van der Waals surface area (Å²) in [6, 6.07) is 15.2. The third-order valence-corrected chi connectivity index (χ3v) is 4.95. The van der Waals surface area contributed by atoms with E-state index in [0.29, 0.717) is 5.56 Å². The number of nitrogens with one attached hydrogen (secondary N) is 1. The Bertz CT molecular complexity index is 670. The summed E-state index contributed by atoms with van der Waals surface area (Å²) >= 11 is 0. The van der Waals surface area contributed by atoms with Gasteiger partial charge in [-0.25, -0.2) is 0 Å². The van der Waals surface area contributed by atoms with Crippen LogP contribution in [0.1, 0.15) is 54.4 Å². The summed E-state index contributed by atoms with van der Waals surface area (Å²) in [5, 5.41) is 2.92. The van der Waals surface area contributed by atoms with Crippen LogP contribution in [0.25, 0.3) is 0 Å². The van der Waals surface area contributed by atoms with Crippen molar-refractivity contribution in [3.8, 4) is 5.75 Å². The highest BCUT2D eigenvalue weighted by atomic mass is 16.5. The van der Waals surface area contributed by atoms with Crippen molar-refractivity contribution in [3.05, 3.63) is 59.7 Å². The van der Waals surface area contributed by atoms with Gasteiger partial charge in [-0.3, -0.25) is 4.79 Å². The van der Waals surface area contributed by atoms with Crippen molar-refractivity contribution in [2.45, 2.75) is 45.4 Å². The maximum absolute atomic E-state index is 12.2. The number of carbonyl (C=O) groups excluding carboxylic acids is 1. The van der Waals surface area contributed by atoms with Gasteiger partial charge in [-0.05, 0) is 55.7 Å². The van der Waals surface area contributed by atoms with E-state index in [0.717, 1.165) is 35.9 Å². The first-order valence-electron chi connectivity index (χ1n) is 9.31. The molecule has 1 fully saturated rings. The number of hydrogen-bond acceptors (Lipinski definition) is 2. The topological polar surface area (TPSA) is 38.3 Å². The van der Waals surface area contributed by atoms with E-state index < -0.39 is 0 Å². The molecule has 0 spiro atoms. The van der Waals surface area contributed by atoms with Crippen LogP contribution in [0.2, 0.25) is 0 Å². The lowest BCUT2D eigenvalue weighted by Gasteiger charge is -2.21. The summed E-state index contributed by atoms with van der Waals surface area (Å²) in [7, 11) is 0. The predicted octanol–water partition coefficient (Wildman–Crippen LogP) is 5.60. The highest BCUT2D eigenvalue weighted by Crippen LogP contribution is 2.26. The van der Waals surface area contributed by atoms with Crippen molar-refractivity contribution < 1.29 is 9.53 Å². The fourth-order valence-corrected chi connectivity index (χ4v) is 3.36. The normalized spacial score (nSPS) is 14.9. The van der Waals surface area contributed by atoms with E-state index >= 15 is 0 Å². The van der Waals surface area contributed by atoms with Crippen molar-refractivity contribution in [2.75, 3.05) is 11.9 Å². The van der Waals surface area contributed by atoms with Crippen molar-refractivity contribution >= 4 is 11.6 Å². The number of anilines is 1. The largest absolute Gasteiger partial charge is 0.494 e. The average Bonchev–Trinajstić information content (AvgIpc) is 2.64. The summed E-state index contributed by atoms with van der Waals surface area (Å²) in [4.78, 5) is 12.2. The smallest absolute Gasteiger partial charge is 0.255 e. The molecule has 132 valence electrons. The van der Waals surface area contributed by atoms with Crippen LogP contribution < -0.4 is 10.1 Å². The van der Waals surface area contributed by atoms with Crippen LogP contribution in [0.15, 0.2) is 48.5 Å². The van der Waals surface area contributed by atoms with Gasteiger partial charge in [0.05, 0.1) is 6.61 Å². The Morgan fingerprint density at radius 1 is 1.00 bits per heavy atom. The van der Waals surface area contributed by atoms with Crippen LogP contribution in [-0.2, 0) is 0 Å². The minimum Gasteiger partial charge on any atom is -0.494 e. The molecule has 0 unspecified atom stereocenters. The Morgan fingerprint density at radius 3 is 2.36 bits per heavy atom. The first-order chi connectivity index (χ1) is 12.2. The summed E-state index contributed by atoms with van der Waals surface area (Å²) < 4.78 is 5.85. The zero-order valence-corrected chi connectivity index (χ0v) is 15.0. The maximum atomic E-state index is 12.2. The minimum absolute atomic E-state index is 0.0917. The predicted molar refractivity (Wildman–Crippen MR) is 102 cm³/mol. The second-order valence-corrected chi connectivity index (χ2v) is 6.99. The number of aryl methyl sites for hydroxylation is 1. The van der Waals surface area contributed by atoms with Crippen molar-refractivity contribution in [2.24, 2.45) is 5.92 Å². The number of hydrogen-bond donors (Lipinski definition) is 1. The fraction of sp³-hybridized carbons (Fsp3) is 0.409. The lowest BCUT2D eigenvalue weighted by Crippen LogP contribution is -2.12. The second-order valence-electron chi connectivity index (χ2n) is 6.99. The molecule has 25 heavy (non-hydrogen) atoms. The standard InChI is InChI=1S/C22H27NO2/c1-17-7-9-19(10-8-17)22(24)23-20-11-13-21(14-12-20)25-16-15-18-5-3-2-4-6-18/h7-14,18H,2-6,15-16H2,1H3,(H,23,24). The SMILES string of the molecule is Cc1ccc(C(=O)Nc2ccc(OCCC3CCCCC3)cc2)cc1. The highest BCUT2D eigenvalue weighted by Gasteiger charge is 2.13. The molecule has 1 aliphatic rings. The second kappa shape index (κ2) is 8.70. The molecule has 3 nitrogen and oxygen atoms in total. The van der Waals surface area contributed by atoms with Gasteiger partial charge >= 0.3 is 0 Å². The number of benzene rings is 2. The van der Waals surface area contributed by atoms with E-state index in [9.17, 15) is 4.79 Å². The molecule has 2 aromatic carbocycles. The Kier molecular flexibility index (Phi) is 6.10. The molecule has 1 saturated carbocycles. The van der Waals surface area contributed by atoms with E-state index in [2.05, 4.69) is 5.32 Å². The molecule has 0 saturated heterocycles. The van der Waals surface area contributed by atoms with Gasteiger partial charge in [0.15, 0.2) is 0 Å². The van der Waals surface area contributed by atoms with E-state index in [1.807, 2.05) is 55.5 Å². The summed E-state index contributed by atoms with van der Waals surface area (Å²) in [6.07, 6.45) is 8.00. The van der Waals surface area contributed by atoms with Crippen LogP contribution >= 0.6 is 0 Å². The van der Waals surface area contributed by atoms with Gasteiger partial charge in [-0.2, -0.15) is 0 Å². The molecular weight excluding hydrogens is 310 g/mol. The lowest BCUT2D eigenvalue weighted by atomic mass is 9.87. The van der Waals surface area contributed by atoms with E-state index in [1.165, 1.54) is 32.1 Å². The number of rotatable bonds is 6. The van der Waals surface area contributed by atoms with Crippen molar-refractivity contribution in [1.82, 2.24) is 0 Å². The van der Waals surface area contributed by atoms with Gasteiger partial charge in [-0.1, -0.05) is 49.8 Å². The van der Waals surface area contributed by atoms with Crippen molar-refractivity contribution in [3.63, 3.8) is 0 Å². The molecule has 1 N–H and O–H groups in total. The fourth-order valence-electron chi connectivity index (χ4n) is 3.36. The van der Waals surface area contributed by atoms with Crippen molar-refractivity contribution in [1.29, 1.82) is 0 Å². The summed E-state index contributed by atoms with van der Waals surface area (Å²) in [5.41, 5.74) is 2.59. The first-order valence-corrected chi connectivity index (χ1v) is 9.31. The molecule has 1 amide bonds. The maximum Gasteiger partial charge on any atom is 0.255 e. The molecule has 3 heteroatoms. The monoisotopic (exact) mass is 337 g/mol. The van der Waals surface area contributed by atoms with Gasteiger partial charge in [0, 0.05) is 11.3 Å².